The lowest BCUT2D eigenvalue weighted by molar-refractivity contribution is -0.0429. The van der Waals surface area contributed by atoms with Crippen molar-refractivity contribution in [1.29, 1.82) is 0 Å². The van der Waals surface area contributed by atoms with Crippen LogP contribution in [0.25, 0.3) is 22.3 Å². The van der Waals surface area contributed by atoms with Crippen molar-refractivity contribution >= 4 is 31.6 Å². The van der Waals surface area contributed by atoms with Crippen molar-refractivity contribution in [3.63, 3.8) is 0 Å². The summed E-state index contributed by atoms with van der Waals surface area (Å²) in [6.07, 6.45) is 4.79. The van der Waals surface area contributed by atoms with Crippen LogP contribution in [0.5, 0.6) is 0 Å². The average Bonchev–Trinajstić information content (AvgIpc) is 3.06. The second kappa shape index (κ2) is 8.91. The summed E-state index contributed by atoms with van der Waals surface area (Å²) in [7, 11) is -5.66. The number of hydrogen-bond acceptors (Lipinski definition) is 5. The zero-order valence-corrected chi connectivity index (χ0v) is 20.0. The van der Waals surface area contributed by atoms with Crippen LogP contribution in [0, 0.1) is 0 Å². The van der Waals surface area contributed by atoms with E-state index in [2.05, 4.69) is 20.9 Å². The molecule has 2 heterocycles. The van der Waals surface area contributed by atoms with Crippen molar-refractivity contribution in [2.24, 2.45) is 0 Å². The van der Waals surface area contributed by atoms with Crippen LogP contribution in [-0.4, -0.2) is 23.5 Å². The standard InChI is InChI=1S/C22H17BrF3N3O4S/c1-2-18-27-9-7-19(30)29(18)11-15-13-8-10-33-12-16(13)21(23)20(15)14-5-3-4-6-17(14)28-34(31,32)22(24,25)26/h3-10,12,28H,2,11H2,1H3. The number of aryl methyl sites for hydroxylation is 1. The summed E-state index contributed by atoms with van der Waals surface area (Å²) in [6, 6.07) is 8.73. The van der Waals surface area contributed by atoms with Gasteiger partial charge in [-0.2, -0.15) is 21.6 Å². The number of sulfonamides is 1. The monoisotopic (exact) mass is 555 g/mol. The Morgan fingerprint density at radius 2 is 1.85 bits per heavy atom. The van der Waals surface area contributed by atoms with Crippen molar-refractivity contribution in [3.05, 3.63) is 81.3 Å². The number of benzene rings is 1. The van der Waals surface area contributed by atoms with Crippen LogP contribution < -0.4 is 10.3 Å². The summed E-state index contributed by atoms with van der Waals surface area (Å²) in [5.74, 6) is 0.524. The van der Waals surface area contributed by atoms with Crippen LogP contribution in [-0.2, 0) is 23.0 Å². The van der Waals surface area contributed by atoms with Crippen LogP contribution in [0.4, 0.5) is 18.9 Å². The number of para-hydroxylation sites is 1. The van der Waals surface area contributed by atoms with Gasteiger partial charge in [0.05, 0.1) is 24.8 Å². The lowest BCUT2D eigenvalue weighted by Gasteiger charge is -2.16. The molecule has 0 bridgehead atoms. The number of aromatic nitrogens is 2. The Hall–Kier alpha value is -3.12. The Labute approximate surface area is 200 Å². The molecule has 1 aliphatic carbocycles. The normalized spacial score (nSPS) is 12.3. The first kappa shape index (κ1) is 24.0. The quantitative estimate of drug-likeness (QED) is 0.351. The number of rotatable bonds is 6. The number of anilines is 1. The van der Waals surface area contributed by atoms with Gasteiger partial charge >= 0.3 is 15.5 Å². The zero-order chi connectivity index (χ0) is 24.7. The topological polar surface area (TPSA) is 94.2 Å². The first-order valence-electron chi connectivity index (χ1n) is 9.94. The van der Waals surface area contributed by atoms with Crippen molar-refractivity contribution in [2.75, 3.05) is 4.72 Å². The fourth-order valence-corrected chi connectivity index (χ4v) is 5.07. The van der Waals surface area contributed by atoms with Gasteiger partial charge in [-0.15, -0.1) is 0 Å². The molecular weight excluding hydrogens is 539 g/mol. The maximum Gasteiger partial charge on any atom is 0.516 e. The lowest BCUT2D eigenvalue weighted by atomic mass is 10.0. The minimum Gasteiger partial charge on any atom is -0.472 e. The number of fused-ring (bicyclic) bond motifs is 1. The maximum absolute atomic E-state index is 13.1. The molecule has 0 saturated carbocycles. The van der Waals surface area contributed by atoms with Crippen molar-refractivity contribution in [2.45, 2.75) is 25.4 Å². The van der Waals surface area contributed by atoms with Gasteiger partial charge in [0.2, 0.25) is 0 Å². The van der Waals surface area contributed by atoms with Gasteiger partial charge < -0.3 is 4.42 Å². The third-order valence-electron chi connectivity index (χ3n) is 5.27. The molecule has 12 heteroatoms. The van der Waals surface area contributed by atoms with Gasteiger partial charge in [0.25, 0.3) is 5.56 Å². The second-order valence-corrected chi connectivity index (χ2v) is 9.75. The van der Waals surface area contributed by atoms with Crippen molar-refractivity contribution in [3.8, 4) is 22.3 Å². The zero-order valence-electron chi connectivity index (χ0n) is 17.6. The Balaban J connectivity index is 1.97. The summed E-state index contributed by atoms with van der Waals surface area (Å²) in [5, 5.41) is 0. The van der Waals surface area contributed by atoms with Gasteiger partial charge in [-0.1, -0.05) is 25.1 Å². The van der Waals surface area contributed by atoms with E-state index >= 15 is 0 Å². The van der Waals surface area contributed by atoms with E-state index in [9.17, 15) is 26.4 Å². The molecule has 7 nitrogen and oxygen atoms in total. The van der Waals surface area contributed by atoms with E-state index in [1.165, 1.54) is 47.6 Å². The second-order valence-electron chi connectivity index (χ2n) is 7.29. The average molecular weight is 556 g/mol. The molecule has 1 aromatic carbocycles. The molecule has 178 valence electrons. The molecule has 2 aliphatic rings. The number of hydrogen-bond donors (Lipinski definition) is 1. The summed E-state index contributed by atoms with van der Waals surface area (Å²) in [4.78, 5) is 16.9. The van der Waals surface area contributed by atoms with E-state index in [0.717, 1.165) is 0 Å². The maximum atomic E-state index is 13.1. The third kappa shape index (κ3) is 4.23. The highest BCUT2D eigenvalue weighted by atomic mass is 79.9. The Morgan fingerprint density at radius 1 is 1.12 bits per heavy atom. The minimum absolute atomic E-state index is 0.0532. The molecule has 0 fully saturated rings. The van der Waals surface area contributed by atoms with Gasteiger partial charge in [-0.05, 0) is 39.2 Å². The number of nitrogens with zero attached hydrogens (tertiary/aromatic N) is 2. The SMILES string of the molecule is CCc1nccc(=O)n1Cc1c2ccocc-2c(Br)c1-c1ccccc1NS(=O)(=O)C(F)(F)F. The number of nitrogens with one attached hydrogen (secondary N) is 1. The van der Waals surface area contributed by atoms with Crippen LogP contribution in [0.3, 0.4) is 0 Å². The number of halogens is 4. The smallest absolute Gasteiger partial charge is 0.472 e. The molecule has 0 spiro atoms. The molecule has 0 atom stereocenters. The van der Waals surface area contributed by atoms with E-state index in [-0.39, 0.29) is 23.4 Å². The minimum atomic E-state index is -5.66. The van der Waals surface area contributed by atoms with Gasteiger partial charge in [-0.25, -0.2) is 4.98 Å². The molecule has 1 N–H and O–H groups in total. The van der Waals surface area contributed by atoms with Gasteiger partial charge in [-0.3, -0.25) is 14.1 Å². The van der Waals surface area contributed by atoms with E-state index in [0.29, 0.717) is 39.0 Å². The van der Waals surface area contributed by atoms with Gasteiger partial charge in [0.1, 0.15) is 5.82 Å². The molecule has 34 heavy (non-hydrogen) atoms. The Bertz CT molecular complexity index is 1500. The fraction of sp³-hybridized carbons (Fsp3) is 0.182. The molecule has 0 saturated heterocycles. The summed E-state index contributed by atoms with van der Waals surface area (Å²) >= 11 is 3.50. The molecule has 0 amide bonds. The highest BCUT2D eigenvalue weighted by molar-refractivity contribution is 9.10. The predicted octanol–water partition coefficient (Wildman–Crippen LogP) is 5.24. The van der Waals surface area contributed by atoms with Gasteiger partial charge in [0.15, 0.2) is 0 Å². The molecule has 4 rings (SSSR count). The van der Waals surface area contributed by atoms with Crippen LogP contribution in [0.15, 0.2) is 68.8 Å². The van der Waals surface area contributed by atoms with E-state index in [4.69, 9.17) is 4.42 Å². The summed E-state index contributed by atoms with van der Waals surface area (Å²) in [5.41, 5.74) is -3.55. The summed E-state index contributed by atoms with van der Waals surface area (Å²) < 4.78 is 71.8. The largest absolute Gasteiger partial charge is 0.516 e. The van der Waals surface area contributed by atoms with E-state index in [1.54, 1.807) is 16.9 Å². The number of alkyl halides is 3. The summed E-state index contributed by atoms with van der Waals surface area (Å²) in [6.45, 7) is 1.90. The molecule has 2 aromatic rings. The molecule has 0 radical (unpaired) electrons. The van der Waals surface area contributed by atoms with Crippen LogP contribution in [0.2, 0.25) is 0 Å². The highest BCUT2D eigenvalue weighted by Gasteiger charge is 2.46. The van der Waals surface area contributed by atoms with Crippen molar-refractivity contribution in [1.82, 2.24) is 9.55 Å². The molecular formula is C22H17BrF3N3O4S. The highest BCUT2D eigenvalue weighted by Crippen LogP contribution is 2.48. The fourth-order valence-electron chi connectivity index (χ4n) is 3.72. The van der Waals surface area contributed by atoms with Crippen LogP contribution >= 0.6 is 15.9 Å². The van der Waals surface area contributed by atoms with Gasteiger partial charge in [0, 0.05) is 39.8 Å². The molecule has 0 unspecified atom stereocenters. The Kier molecular flexibility index (Phi) is 6.30. The molecule has 1 aliphatic heterocycles. The van der Waals surface area contributed by atoms with Crippen molar-refractivity contribution < 1.29 is 26.0 Å². The van der Waals surface area contributed by atoms with E-state index in [1.807, 2.05) is 6.92 Å². The van der Waals surface area contributed by atoms with Crippen LogP contribution in [0.1, 0.15) is 18.3 Å². The first-order chi connectivity index (χ1) is 16.0. The predicted molar refractivity (Wildman–Crippen MR) is 124 cm³/mol. The Morgan fingerprint density at radius 3 is 2.56 bits per heavy atom. The first-order valence-corrected chi connectivity index (χ1v) is 12.2. The molecule has 1 aromatic heterocycles. The lowest BCUT2D eigenvalue weighted by Crippen LogP contribution is -2.30. The third-order valence-corrected chi connectivity index (χ3v) is 7.19. The van der Waals surface area contributed by atoms with E-state index < -0.39 is 15.5 Å².